The molecule has 4 aromatic rings. The van der Waals surface area contributed by atoms with Crippen LogP contribution in [0.25, 0.3) is 33.3 Å². The highest BCUT2D eigenvalue weighted by molar-refractivity contribution is 6.04. The Balaban J connectivity index is 1.47. The first-order chi connectivity index (χ1) is 16.5. The molecule has 1 saturated heterocycles. The fourth-order valence-corrected chi connectivity index (χ4v) is 4.99. The summed E-state index contributed by atoms with van der Waals surface area (Å²) in [5.74, 6) is 0.0742. The van der Waals surface area contributed by atoms with E-state index in [1.165, 1.54) is 0 Å². The van der Waals surface area contributed by atoms with Crippen LogP contribution >= 0.6 is 0 Å². The van der Waals surface area contributed by atoms with Crippen LogP contribution in [0.4, 0.5) is 10.5 Å². The van der Waals surface area contributed by atoms with Crippen molar-refractivity contribution in [3.8, 4) is 11.3 Å². The number of aromatic nitrogens is 5. The van der Waals surface area contributed by atoms with Crippen molar-refractivity contribution >= 4 is 39.7 Å². The number of H-pyrrole nitrogens is 1. The number of anilines is 1. The number of rotatable bonds is 2. The highest BCUT2D eigenvalue weighted by Crippen LogP contribution is 2.37. The lowest BCUT2D eigenvalue weighted by Gasteiger charge is -2.43. The predicted octanol–water partition coefficient (Wildman–Crippen LogP) is 2.95. The fraction of sp³-hybridized carbons (Fsp3) is 0.333. The number of amides is 3. The molecule has 0 aliphatic carbocycles. The second-order valence-corrected chi connectivity index (χ2v) is 8.97. The third-order valence-corrected chi connectivity index (χ3v) is 6.80. The van der Waals surface area contributed by atoms with Gasteiger partial charge in [-0.05, 0) is 31.0 Å². The van der Waals surface area contributed by atoms with Gasteiger partial charge in [0.1, 0.15) is 5.52 Å². The second-order valence-electron chi connectivity index (χ2n) is 8.97. The minimum Gasteiger partial charge on any atom is -0.343 e. The third-order valence-electron chi connectivity index (χ3n) is 6.80. The zero-order chi connectivity index (χ0) is 23.4. The lowest BCUT2D eigenvalue weighted by atomic mass is 9.99. The van der Waals surface area contributed by atoms with Gasteiger partial charge in [0.25, 0.3) is 0 Å². The third kappa shape index (κ3) is 3.25. The van der Waals surface area contributed by atoms with Gasteiger partial charge in [-0.3, -0.25) is 19.8 Å². The van der Waals surface area contributed by atoms with E-state index < -0.39 is 0 Å². The monoisotopic (exact) mass is 456 g/mol. The van der Waals surface area contributed by atoms with Crippen LogP contribution in [0, 0.1) is 0 Å². The molecular formula is C24H24N8O2. The first-order valence-electron chi connectivity index (χ1n) is 11.4. The maximum Gasteiger partial charge on any atom is 0.324 e. The summed E-state index contributed by atoms with van der Waals surface area (Å²) < 4.78 is 0. The van der Waals surface area contributed by atoms with Gasteiger partial charge in [-0.25, -0.2) is 14.8 Å². The zero-order valence-corrected chi connectivity index (χ0v) is 19.0. The maximum atomic E-state index is 13.4. The highest BCUT2D eigenvalue weighted by atomic mass is 16.2. The van der Waals surface area contributed by atoms with E-state index in [4.69, 9.17) is 4.98 Å². The Kier molecular flexibility index (Phi) is 4.68. The van der Waals surface area contributed by atoms with Crippen LogP contribution in [-0.2, 0) is 11.3 Å². The smallest absolute Gasteiger partial charge is 0.324 e. The number of urea groups is 1. The molecule has 0 radical (unpaired) electrons. The Bertz CT molecular complexity index is 1440. The van der Waals surface area contributed by atoms with Crippen molar-refractivity contribution < 1.29 is 9.59 Å². The number of piperidine rings is 1. The lowest BCUT2D eigenvalue weighted by molar-refractivity contribution is -0.129. The van der Waals surface area contributed by atoms with Gasteiger partial charge >= 0.3 is 6.03 Å². The molecule has 6 heterocycles. The fourth-order valence-electron chi connectivity index (χ4n) is 4.99. The van der Waals surface area contributed by atoms with Crippen molar-refractivity contribution in [3.05, 3.63) is 42.4 Å². The summed E-state index contributed by atoms with van der Waals surface area (Å²) in [6, 6.07) is 5.81. The molecule has 1 N–H and O–H groups in total. The van der Waals surface area contributed by atoms with E-state index >= 15 is 0 Å². The Labute approximate surface area is 195 Å². The number of nitrogens with zero attached hydrogens (tertiary/aromatic N) is 7. The van der Waals surface area contributed by atoms with E-state index in [1.54, 1.807) is 24.2 Å². The summed E-state index contributed by atoms with van der Waals surface area (Å²) in [6.07, 6.45) is 6.80. The summed E-state index contributed by atoms with van der Waals surface area (Å²) in [7, 11) is 1.81. The van der Waals surface area contributed by atoms with Gasteiger partial charge in [-0.1, -0.05) is 0 Å². The molecule has 0 aromatic carbocycles. The molecule has 0 unspecified atom stereocenters. The van der Waals surface area contributed by atoms with Crippen LogP contribution in [-0.4, -0.2) is 73.1 Å². The molecule has 0 bridgehead atoms. The maximum absolute atomic E-state index is 13.4. The van der Waals surface area contributed by atoms with Crippen LogP contribution in [0.5, 0.6) is 0 Å². The number of carbonyl (C=O) groups is 2. The second kappa shape index (κ2) is 7.75. The van der Waals surface area contributed by atoms with E-state index in [9.17, 15) is 9.59 Å². The molecule has 3 amide bonds. The molecule has 172 valence electrons. The van der Waals surface area contributed by atoms with Gasteiger partial charge in [0.15, 0.2) is 5.65 Å². The standard InChI is InChI=1S/C24H24N8O2/c1-14(33)31-7-5-18(6-8-31)32-22-17(13-30(2)24(32)34)11-25-20-4-3-19(28-21(20)22)15-9-16-12-27-29-23(16)26-10-15/h3-4,9-12,18H,5-8,13H2,1-2H3,(H,26,27,29). The first-order valence-corrected chi connectivity index (χ1v) is 11.4. The van der Waals surface area contributed by atoms with E-state index in [0.29, 0.717) is 25.2 Å². The zero-order valence-electron chi connectivity index (χ0n) is 19.0. The summed E-state index contributed by atoms with van der Waals surface area (Å²) >= 11 is 0. The number of hydrogen-bond donors (Lipinski definition) is 1. The van der Waals surface area contributed by atoms with Crippen molar-refractivity contribution in [3.63, 3.8) is 0 Å². The summed E-state index contributed by atoms with van der Waals surface area (Å²) in [5, 5.41) is 7.82. The average Bonchev–Trinajstić information content (AvgIpc) is 3.32. The SMILES string of the molecule is CC(=O)N1CCC(N2C(=O)N(C)Cc3cnc4ccc(-c5cnc6[nH]ncc6c5)nc4c32)CC1. The summed E-state index contributed by atoms with van der Waals surface area (Å²) in [6.45, 7) is 3.35. The first kappa shape index (κ1) is 20.5. The van der Waals surface area contributed by atoms with Gasteiger partial charge in [0.05, 0.1) is 29.6 Å². The molecule has 0 saturated carbocycles. The predicted molar refractivity (Wildman–Crippen MR) is 127 cm³/mol. The number of likely N-dealkylation sites (tertiary alicyclic amines) is 1. The Morgan fingerprint density at radius 2 is 1.94 bits per heavy atom. The number of fused-ring (bicyclic) bond motifs is 4. The molecule has 6 rings (SSSR count). The summed E-state index contributed by atoms with van der Waals surface area (Å²) in [4.78, 5) is 44.7. The molecule has 0 spiro atoms. The Hall–Kier alpha value is -4.08. The van der Waals surface area contributed by atoms with Crippen molar-refractivity contribution in [1.82, 2.24) is 34.9 Å². The van der Waals surface area contributed by atoms with E-state index in [-0.39, 0.29) is 18.0 Å². The number of hydrogen-bond acceptors (Lipinski definition) is 6. The molecule has 2 aliphatic heterocycles. The van der Waals surface area contributed by atoms with Crippen molar-refractivity contribution in [2.24, 2.45) is 0 Å². The Morgan fingerprint density at radius 3 is 2.74 bits per heavy atom. The van der Waals surface area contributed by atoms with E-state index in [2.05, 4.69) is 20.2 Å². The van der Waals surface area contributed by atoms with Gasteiger partial charge in [-0.15, -0.1) is 0 Å². The van der Waals surface area contributed by atoms with Crippen LogP contribution in [0.1, 0.15) is 25.3 Å². The molecule has 10 nitrogen and oxygen atoms in total. The average molecular weight is 457 g/mol. The number of nitrogens with one attached hydrogen (secondary N) is 1. The normalized spacial score (nSPS) is 17.0. The molecule has 0 atom stereocenters. The topological polar surface area (TPSA) is 111 Å². The highest BCUT2D eigenvalue weighted by Gasteiger charge is 2.37. The summed E-state index contributed by atoms with van der Waals surface area (Å²) in [5.41, 5.74) is 5.59. The van der Waals surface area contributed by atoms with Crippen molar-refractivity contribution in [1.29, 1.82) is 0 Å². The Morgan fingerprint density at radius 1 is 1.12 bits per heavy atom. The largest absolute Gasteiger partial charge is 0.343 e. The lowest BCUT2D eigenvalue weighted by Crippen LogP contribution is -2.54. The molecule has 4 aromatic heterocycles. The molecule has 10 heteroatoms. The van der Waals surface area contributed by atoms with Crippen molar-refractivity contribution in [2.75, 3.05) is 25.0 Å². The number of aromatic amines is 1. The van der Waals surface area contributed by atoms with Gasteiger partial charge in [0, 0.05) is 62.0 Å². The quantitative estimate of drug-likeness (QED) is 0.496. The number of pyridine rings is 3. The van der Waals surface area contributed by atoms with Crippen molar-refractivity contribution in [2.45, 2.75) is 32.4 Å². The van der Waals surface area contributed by atoms with E-state index in [1.807, 2.05) is 41.2 Å². The minimum absolute atomic E-state index is 0.00963. The molecular weight excluding hydrogens is 432 g/mol. The van der Waals surface area contributed by atoms with E-state index in [0.717, 1.165) is 51.9 Å². The van der Waals surface area contributed by atoms with Gasteiger partial charge in [-0.2, -0.15) is 5.10 Å². The van der Waals surface area contributed by atoms with Crippen LogP contribution in [0.15, 0.2) is 36.8 Å². The van der Waals surface area contributed by atoms with Crippen LogP contribution in [0.2, 0.25) is 0 Å². The minimum atomic E-state index is -0.0463. The molecule has 1 fully saturated rings. The van der Waals surface area contributed by atoms with Gasteiger partial charge < -0.3 is 9.80 Å². The molecule has 34 heavy (non-hydrogen) atoms. The number of carbonyl (C=O) groups excluding carboxylic acids is 2. The van der Waals surface area contributed by atoms with Crippen LogP contribution in [0.3, 0.4) is 0 Å². The van der Waals surface area contributed by atoms with Gasteiger partial charge in [0.2, 0.25) is 5.91 Å². The molecule has 2 aliphatic rings. The van der Waals surface area contributed by atoms with Crippen LogP contribution < -0.4 is 4.90 Å².